The first kappa shape index (κ1) is 14.3. The van der Waals surface area contributed by atoms with Crippen LogP contribution in [0.1, 0.15) is 24.5 Å². The molecule has 2 aromatic rings. The molecule has 4 heteroatoms. The van der Waals surface area contributed by atoms with E-state index in [1.807, 2.05) is 30.3 Å². The Morgan fingerprint density at radius 2 is 1.95 bits per heavy atom. The number of nitrogens with two attached hydrogens (primary N) is 1. The second-order valence-corrected chi connectivity index (χ2v) is 4.52. The Balaban J connectivity index is 2.06. The highest BCUT2D eigenvalue weighted by atomic mass is 16.5. The smallest absolute Gasteiger partial charge is 0.169 e. The van der Waals surface area contributed by atoms with E-state index in [1.165, 1.54) is 5.56 Å². The van der Waals surface area contributed by atoms with Gasteiger partial charge >= 0.3 is 0 Å². The highest BCUT2D eigenvalue weighted by Gasteiger charge is 2.05. The van der Waals surface area contributed by atoms with Crippen molar-refractivity contribution in [3.63, 3.8) is 0 Å². The molecule has 0 bridgehead atoms. The third kappa shape index (κ3) is 3.71. The summed E-state index contributed by atoms with van der Waals surface area (Å²) in [4.78, 5) is 4.33. The molecule has 0 saturated carbocycles. The van der Waals surface area contributed by atoms with Crippen LogP contribution in [0.4, 0.5) is 5.82 Å². The SMILES string of the molecule is CCCOc1cccnc1NCc1ccccc1CN. The summed E-state index contributed by atoms with van der Waals surface area (Å²) in [6, 6.07) is 11.9. The minimum atomic E-state index is 0.541. The number of hydrogen-bond acceptors (Lipinski definition) is 4. The molecule has 0 aliphatic heterocycles. The van der Waals surface area contributed by atoms with Gasteiger partial charge in [0.15, 0.2) is 11.6 Å². The summed E-state index contributed by atoms with van der Waals surface area (Å²) >= 11 is 0. The monoisotopic (exact) mass is 271 g/mol. The molecule has 0 atom stereocenters. The summed E-state index contributed by atoms with van der Waals surface area (Å²) < 4.78 is 5.68. The van der Waals surface area contributed by atoms with E-state index in [4.69, 9.17) is 10.5 Å². The first-order valence-corrected chi connectivity index (χ1v) is 6.93. The Morgan fingerprint density at radius 1 is 1.15 bits per heavy atom. The molecule has 3 N–H and O–H groups in total. The summed E-state index contributed by atoms with van der Waals surface area (Å²) in [6.07, 6.45) is 2.74. The lowest BCUT2D eigenvalue weighted by molar-refractivity contribution is 0.318. The molecule has 0 amide bonds. The summed E-state index contributed by atoms with van der Waals surface area (Å²) in [5.74, 6) is 1.56. The van der Waals surface area contributed by atoms with E-state index in [-0.39, 0.29) is 0 Å². The molecular formula is C16H21N3O. The van der Waals surface area contributed by atoms with Gasteiger partial charge in [0.25, 0.3) is 0 Å². The molecule has 0 fully saturated rings. The molecule has 20 heavy (non-hydrogen) atoms. The van der Waals surface area contributed by atoms with Crippen LogP contribution in [0.5, 0.6) is 5.75 Å². The second-order valence-electron chi connectivity index (χ2n) is 4.52. The maximum absolute atomic E-state index is 5.75. The van der Waals surface area contributed by atoms with E-state index in [9.17, 15) is 0 Å². The number of nitrogens with one attached hydrogen (secondary N) is 1. The quantitative estimate of drug-likeness (QED) is 0.813. The average Bonchev–Trinajstić information content (AvgIpc) is 2.52. The third-order valence-corrected chi connectivity index (χ3v) is 3.02. The van der Waals surface area contributed by atoms with Gasteiger partial charge in [0.2, 0.25) is 0 Å². The normalized spacial score (nSPS) is 10.3. The van der Waals surface area contributed by atoms with Crippen molar-refractivity contribution < 1.29 is 4.74 Å². The number of ether oxygens (including phenoxy) is 1. The molecule has 1 heterocycles. The molecule has 1 aromatic carbocycles. The van der Waals surface area contributed by atoms with E-state index in [0.717, 1.165) is 23.6 Å². The van der Waals surface area contributed by atoms with E-state index in [2.05, 4.69) is 23.3 Å². The fourth-order valence-electron chi connectivity index (χ4n) is 1.96. The first-order valence-electron chi connectivity index (χ1n) is 6.93. The lowest BCUT2D eigenvalue weighted by atomic mass is 10.1. The maximum Gasteiger partial charge on any atom is 0.169 e. The van der Waals surface area contributed by atoms with Crippen molar-refractivity contribution in [3.05, 3.63) is 53.7 Å². The van der Waals surface area contributed by atoms with Gasteiger partial charge in [-0.05, 0) is 29.7 Å². The molecule has 0 radical (unpaired) electrons. The highest BCUT2D eigenvalue weighted by molar-refractivity contribution is 5.50. The van der Waals surface area contributed by atoms with Crippen LogP contribution < -0.4 is 15.8 Å². The highest BCUT2D eigenvalue weighted by Crippen LogP contribution is 2.22. The zero-order chi connectivity index (χ0) is 14.2. The van der Waals surface area contributed by atoms with Crippen molar-refractivity contribution in [2.24, 2.45) is 5.73 Å². The van der Waals surface area contributed by atoms with Gasteiger partial charge in [0.05, 0.1) is 6.61 Å². The van der Waals surface area contributed by atoms with Crippen LogP contribution in [-0.4, -0.2) is 11.6 Å². The van der Waals surface area contributed by atoms with Crippen LogP contribution in [0.25, 0.3) is 0 Å². The molecule has 0 unspecified atom stereocenters. The molecule has 0 spiro atoms. The third-order valence-electron chi connectivity index (χ3n) is 3.02. The number of nitrogens with zero attached hydrogens (tertiary/aromatic N) is 1. The van der Waals surface area contributed by atoms with Crippen LogP contribution in [0.3, 0.4) is 0 Å². The largest absolute Gasteiger partial charge is 0.490 e. The van der Waals surface area contributed by atoms with Gasteiger partial charge < -0.3 is 15.8 Å². The topological polar surface area (TPSA) is 60.2 Å². The average molecular weight is 271 g/mol. The second kappa shape index (κ2) is 7.50. The van der Waals surface area contributed by atoms with Gasteiger partial charge in [-0.3, -0.25) is 0 Å². The van der Waals surface area contributed by atoms with E-state index in [0.29, 0.717) is 19.7 Å². The van der Waals surface area contributed by atoms with Crippen molar-refractivity contribution in [3.8, 4) is 5.75 Å². The standard InChI is InChI=1S/C16H21N3O/c1-2-10-20-15-8-5-9-18-16(15)19-12-14-7-4-3-6-13(14)11-17/h3-9H,2,10-12,17H2,1H3,(H,18,19). The minimum absolute atomic E-state index is 0.541. The number of benzene rings is 1. The Labute approximate surface area is 120 Å². The van der Waals surface area contributed by atoms with Gasteiger partial charge in [-0.15, -0.1) is 0 Å². The Morgan fingerprint density at radius 3 is 2.70 bits per heavy atom. The Hall–Kier alpha value is -2.07. The van der Waals surface area contributed by atoms with Crippen molar-refractivity contribution >= 4 is 5.82 Å². The summed E-state index contributed by atoms with van der Waals surface area (Å²) in [5.41, 5.74) is 8.07. The fraction of sp³-hybridized carbons (Fsp3) is 0.312. The predicted octanol–water partition coefficient (Wildman–Crippen LogP) is 2.94. The molecule has 2 rings (SSSR count). The van der Waals surface area contributed by atoms with Gasteiger partial charge in [0, 0.05) is 19.3 Å². The molecular weight excluding hydrogens is 250 g/mol. The van der Waals surface area contributed by atoms with Crippen molar-refractivity contribution in [1.82, 2.24) is 4.98 Å². The lowest BCUT2D eigenvalue weighted by Crippen LogP contribution is -2.08. The lowest BCUT2D eigenvalue weighted by Gasteiger charge is -2.13. The fourth-order valence-corrected chi connectivity index (χ4v) is 1.96. The Kier molecular flexibility index (Phi) is 5.38. The van der Waals surface area contributed by atoms with E-state index >= 15 is 0 Å². The Bertz CT molecular complexity index is 543. The van der Waals surface area contributed by atoms with Crippen molar-refractivity contribution in [1.29, 1.82) is 0 Å². The number of rotatable bonds is 7. The van der Waals surface area contributed by atoms with Crippen LogP contribution in [0, 0.1) is 0 Å². The molecule has 0 aliphatic rings. The first-order chi connectivity index (χ1) is 9.85. The summed E-state index contributed by atoms with van der Waals surface area (Å²) in [6.45, 7) is 4.01. The summed E-state index contributed by atoms with van der Waals surface area (Å²) in [7, 11) is 0. The molecule has 0 saturated heterocycles. The maximum atomic E-state index is 5.75. The molecule has 0 aliphatic carbocycles. The molecule has 1 aromatic heterocycles. The number of hydrogen-bond donors (Lipinski definition) is 2. The minimum Gasteiger partial charge on any atom is -0.490 e. The number of pyridine rings is 1. The van der Waals surface area contributed by atoms with Gasteiger partial charge in [-0.25, -0.2) is 4.98 Å². The van der Waals surface area contributed by atoms with Gasteiger partial charge in [0.1, 0.15) is 0 Å². The summed E-state index contributed by atoms with van der Waals surface area (Å²) in [5, 5.41) is 3.32. The number of aromatic nitrogens is 1. The molecule has 4 nitrogen and oxygen atoms in total. The molecule has 106 valence electrons. The van der Waals surface area contributed by atoms with Gasteiger partial charge in [-0.2, -0.15) is 0 Å². The number of anilines is 1. The zero-order valence-electron chi connectivity index (χ0n) is 11.8. The zero-order valence-corrected chi connectivity index (χ0v) is 11.8. The van der Waals surface area contributed by atoms with Gasteiger partial charge in [-0.1, -0.05) is 31.2 Å². The van der Waals surface area contributed by atoms with Crippen LogP contribution in [0.15, 0.2) is 42.6 Å². The van der Waals surface area contributed by atoms with Crippen molar-refractivity contribution in [2.75, 3.05) is 11.9 Å². The van der Waals surface area contributed by atoms with Crippen LogP contribution >= 0.6 is 0 Å². The van der Waals surface area contributed by atoms with Crippen LogP contribution in [-0.2, 0) is 13.1 Å². The van der Waals surface area contributed by atoms with Crippen LogP contribution in [0.2, 0.25) is 0 Å². The predicted molar refractivity (Wildman–Crippen MR) is 81.7 cm³/mol. The van der Waals surface area contributed by atoms with E-state index < -0.39 is 0 Å². The van der Waals surface area contributed by atoms with E-state index in [1.54, 1.807) is 6.20 Å². The van der Waals surface area contributed by atoms with Crippen molar-refractivity contribution in [2.45, 2.75) is 26.4 Å².